The zero-order valence-electron chi connectivity index (χ0n) is 10.6. The number of hydrogen-bond donors (Lipinski definition) is 1. The Bertz CT molecular complexity index is 695. The minimum absolute atomic E-state index is 0.237. The first-order valence-corrected chi connectivity index (χ1v) is 7.58. The van der Waals surface area contributed by atoms with Crippen LogP contribution < -0.4 is 5.32 Å². The largest absolute Gasteiger partial charge is 0.309 e. The Morgan fingerprint density at radius 2 is 1.75 bits per heavy atom. The monoisotopic (exact) mass is 295 g/mol. The predicted molar refractivity (Wildman–Crippen MR) is 71.8 cm³/mol. The van der Waals surface area contributed by atoms with Crippen LogP contribution in [-0.4, -0.2) is 43.8 Å². The molecule has 7 nitrogen and oxygen atoms in total. The minimum atomic E-state index is -3.83. The molecule has 0 atom stereocenters. The average molecular weight is 295 g/mol. The summed E-state index contributed by atoms with van der Waals surface area (Å²) in [6.45, 7) is 2.02. The topological polar surface area (TPSA) is 92.5 Å². The lowest BCUT2D eigenvalue weighted by Crippen LogP contribution is -2.33. The molecule has 2 aliphatic heterocycles. The Labute approximate surface area is 116 Å². The number of sulfonamides is 1. The Balaban J connectivity index is 1.96. The van der Waals surface area contributed by atoms with E-state index in [2.05, 4.69) is 5.32 Å². The molecular weight excluding hydrogens is 282 g/mol. The van der Waals surface area contributed by atoms with E-state index < -0.39 is 14.9 Å². The minimum Gasteiger partial charge on any atom is -0.309 e. The van der Waals surface area contributed by atoms with E-state index in [0.29, 0.717) is 26.2 Å². The second-order valence-electron chi connectivity index (χ2n) is 4.81. The number of nitrogens with one attached hydrogen (secondary N) is 1. The van der Waals surface area contributed by atoms with E-state index in [4.69, 9.17) is 0 Å². The van der Waals surface area contributed by atoms with Gasteiger partial charge in [-0.3, -0.25) is 10.1 Å². The smallest absolute Gasteiger partial charge is 0.289 e. The number of para-hydroxylation sites is 1. The van der Waals surface area contributed by atoms with Gasteiger partial charge < -0.3 is 5.32 Å². The maximum absolute atomic E-state index is 12.6. The predicted octanol–water partition coefficient (Wildman–Crippen LogP) is 0.499. The van der Waals surface area contributed by atoms with Gasteiger partial charge in [0.1, 0.15) is 0 Å². The number of benzene rings is 1. The van der Waals surface area contributed by atoms with Gasteiger partial charge in [-0.15, -0.1) is 0 Å². The maximum atomic E-state index is 12.6. The molecule has 1 aromatic rings. The third-order valence-corrected chi connectivity index (χ3v) is 5.43. The molecular formula is C12H13N3O4S. The van der Waals surface area contributed by atoms with Gasteiger partial charge in [-0.25, -0.2) is 8.42 Å². The number of nitrogens with zero attached hydrogens (tertiary/aromatic N) is 2. The maximum Gasteiger partial charge on any atom is 0.289 e. The van der Waals surface area contributed by atoms with Gasteiger partial charge in [0.2, 0.25) is 10.0 Å². The normalized spacial score (nSPS) is 19.4. The first-order valence-electron chi connectivity index (χ1n) is 6.14. The third-order valence-electron chi connectivity index (χ3n) is 3.59. The van der Waals surface area contributed by atoms with Crippen LogP contribution in [0.5, 0.6) is 0 Å². The molecule has 0 saturated heterocycles. The fraction of sp³-hybridized carbons (Fsp3) is 0.333. The molecule has 106 valence electrons. The van der Waals surface area contributed by atoms with Gasteiger partial charge in [-0.2, -0.15) is 4.31 Å². The lowest BCUT2D eigenvalue weighted by atomic mass is 10.2. The molecule has 1 aromatic carbocycles. The highest BCUT2D eigenvalue weighted by Gasteiger charge is 2.36. The van der Waals surface area contributed by atoms with E-state index in [1.54, 1.807) is 0 Å². The van der Waals surface area contributed by atoms with Crippen molar-refractivity contribution in [3.63, 3.8) is 0 Å². The molecule has 0 aliphatic carbocycles. The van der Waals surface area contributed by atoms with Crippen LogP contribution in [0.2, 0.25) is 0 Å². The fourth-order valence-corrected chi connectivity index (χ4v) is 4.15. The summed E-state index contributed by atoms with van der Waals surface area (Å²) in [5.41, 5.74) is 1.78. The highest BCUT2D eigenvalue weighted by atomic mass is 32.2. The van der Waals surface area contributed by atoms with Crippen molar-refractivity contribution in [1.29, 1.82) is 0 Å². The third kappa shape index (κ3) is 2.01. The van der Waals surface area contributed by atoms with Crippen LogP contribution in [0.4, 0.5) is 5.69 Å². The van der Waals surface area contributed by atoms with Crippen molar-refractivity contribution in [2.45, 2.75) is 4.90 Å². The Morgan fingerprint density at radius 3 is 2.35 bits per heavy atom. The first-order chi connectivity index (χ1) is 9.50. The van der Waals surface area contributed by atoms with Crippen LogP contribution in [0.25, 0.3) is 0 Å². The highest BCUT2D eigenvalue weighted by Crippen LogP contribution is 2.30. The standard InChI is InChI=1S/C12H13N3O4S/c16-15(17)11-3-1-2-4-12(11)20(18,19)14-7-9-5-13-6-10(9)8-14/h1-4,13H,5-8H2. The van der Waals surface area contributed by atoms with Crippen molar-refractivity contribution in [1.82, 2.24) is 9.62 Å². The van der Waals surface area contributed by atoms with Crippen molar-refractivity contribution in [3.05, 3.63) is 45.5 Å². The summed E-state index contributed by atoms with van der Waals surface area (Å²) in [6, 6.07) is 5.46. The number of hydrogen-bond acceptors (Lipinski definition) is 5. The van der Waals surface area contributed by atoms with Crippen LogP contribution in [0.15, 0.2) is 40.3 Å². The zero-order chi connectivity index (χ0) is 14.3. The molecule has 0 bridgehead atoms. The van der Waals surface area contributed by atoms with Crippen molar-refractivity contribution in [2.24, 2.45) is 0 Å². The van der Waals surface area contributed by atoms with Gasteiger partial charge in [0.15, 0.2) is 4.90 Å². The van der Waals surface area contributed by atoms with E-state index in [1.807, 2.05) is 0 Å². The van der Waals surface area contributed by atoms with Crippen LogP contribution >= 0.6 is 0 Å². The molecule has 1 N–H and O–H groups in total. The van der Waals surface area contributed by atoms with E-state index in [1.165, 1.54) is 28.6 Å². The SMILES string of the molecule is O=[N+]([O-])c1ccccc1S(=O)(=O)N1CC2=C(CNC2)C1. The van der Waals surface area contributed by atoms with Gasteiger partial charge in [0.05, 0.1) is 4.92 Å². The first kappa shape index (κ1) is 13.2. The number of rotatable bonds is 3. The fourth-order valence-electron chi connectivity index (χ4n) is 2.57. The molecule has 0 unspecified atom stereocenters. The molecule has 0 aromatic heterocycles. The van der Waals surface area contributed by atoms with Crippen LogP contribution in [0.3, 0.4) is 0 Å². The van der Waals surface area contributed by atoms with Gasteiger partial charge >= 0.3 is 0 Å². The van der Waals surface area contributed by atoms with Crippen molar-refractivity contribution >= 4 is 15.7 Å². The zero-order valence-corrected chi connectivity index (χ0v) is 11.4. The molecule has 0 spiro atoms. The van der Waals surface area contributed by atoms with Crippen LogP contribution in [0.1, 0.15) is 0 Å². The van der Waals surface area contributed by atoms with Crippen LogP contribution in [0, 0.1) is 10.1 Å². The second kappa shape index (κ2) is 4.65. The van der Waals surface area contributed by atoms with Crippen molar-refractivity contribution < 1.29 is 13.3 Å². The summed E-state index contributed by atoms with van der Waals surface area (Å²) in [6.07, 6.45) is 0. The molecule has 20 heavy (non-hydrogen) atoms. The molecule has 3 rings (SSSR count). The average Bonchev–Trinajstić information content (AvgIpc) is 2.99. The number of nitro benzene ring substituents is 1. The number of nitro groups is 1. The van der Waals surface area contributed by atoms with Gasteiger partial charge in [-0.1, -0.05) is 12.1 Å². The molecule has 2 heterocycles. The molecule has 8 heteroatoms. The van der Waals surface area contributed by atoms with Gasteiger partial charge in [0.25, 0.3) is 5.69 Å². The Hall–Kier alpha value is -1.77. The highest BCUT2D eigenvalue weighted by molar-refractivity contribution is 7.89. The quantitative estimate of drug-likeness (QED) is 0.498. The summed E-state index contributed by atoms with van der Waals surface area (Å²) in [7, 11) is -3.83. The molecule has 2 aliphatic rings. The summed E-state index contributed by atoms with van der Waals surface area (Å²) in [5.74, 6) is 0. The summed E-state index contributed by atoms with van der Waals surface area (Å²) in [5, 5.41) is 14.1. The second-order valence-corrected chi connectivity index (χ2v) is 6.71. The lowest BCUT2D eigenvalue weighted by Gasteiger charge is -2.18. The van der Waals surface area contributed by atoms with Crippen molar-refractivity contribution in [2.75, 3.05) is 26.2 Å². The molecule has 0 amide bonds. The molecule has 0 saturated carbocycles. The van der Waals surface area contributed by atoms with E-state index in [-0.39, 0.29) is 10.6 Å². The Kier molecular flexibility index (Phi) is 3.08. The van der Waals surface area contributed by atoms with Crippen LogP contribution in [-0.2, 0) is 10.0 Å². The summed E-state index contributed by atoms with van der Waals surface area (Å²) in [4.78, 5) is 10.1. The van der Waals surface area contributed by atoms with Crippen molar-refractivity contribution in [3.8, 4) is 0 Å². The lowest BCUT2D eigenvalue weighted by molar-refractivity contribution is -0.387. The van der Waals surface area contributed by atoms with Gasteiger partial charge in [-0.05, 0) is 17.2 Å². The van der Waals surface area contributed by atoms with E-state index in [9.17, 15) is 18.5 Å². The van der Waals surface area contributed by atoms with E-state index >= 15 is 0 Å². The Morgan fingerprint density at radius 1 is 1.15 bits per heavy atom. The van der Waals surface area contributed by atoms with Gasteiger partial charge in [0, 0.05) is 32.2 Å². The van der Waals surface area contributed by atoms with E-state index in [0.717, 1.165) is 11.1 Å². The summed E-state index contributed by atoms with van der Waals surface area (Å²) >= 11 is 0. The molecule has 0 radical (unpaired) electrons. The summed E-state index contributed by atoms with van der Waals surface area (Å²) < 4.78 is 26.4. The molecule has 0 fully saturated rings.